The normalized spacial score (nSPS) is 13.7. The average molecular weight is 435 g/mol. The third-order valence-electron chi connectivity index (χ3n) is 5.33. The highest BCUT2D eigenvalue weighted by molar-refractivity contribution is 5.82. The second-order valence-corrected chi connectivity index (χ2v) is 7.60. The number of amides is 1. The van der Waals surface area contributed by atoms with Crippen LogP contribution >= 0.6 is 0 Å². The SMILES string of the molecule is CCN(Cc1ccc(C(F)(F)F)cc1-c1cc(CC(=O)O)ccc1OC)C(=O)C1CC1. The maximum absolute atomic E-state index is 13.4. The third kappa shape index (κ3) is 5.37. The Morgan fingerprint density at radius 1 is 1.13 bits per heavy atom. The molecular weight excluding hydrogens is 411 g/mol. The molecule has 5 nitrogen and oxygen atoms in total. The molecule has 0 atom stereocenters. The maximum atomic E-state index is 13.4. The lowest BCUT2D eigenvalue weighted by molar-refractivity contribution is -0.138. The first-order valence-corrected chi connectivity index (χ1v) is 10.0. The van der Waals surface area contributed by atoms with Crippen LogP contribution in [0, 0.1) is 5.92 Å². The summed E-state index contributed by atoms with van der Waals surface area (Å²) in [5.41, 5.74) is 0.773. The fraction of sp³-hybridized carbons (Fsp3) is 0.391. The Morgan fingerprint density at radius 2 is 1.84 bits per heavy atom. The van der Waals surface area contributed by atoms with Gasteiger partial charge in [0.1, 0.15) is 5.75 Å². The van der Waals surface area contributed by atoms with E-state index < -0.39 is 17.7 Å². The molecule has 31 heavy (non-hydrogen) atoms. The predicted octanol–water partition coefficient (Wildman–Crippen LogP) is 4.77. The van der Waals surface area contributed by atoms with Crippen LogP contribution in [0.4, 0.5) is 13.2 Å². The number of carbonyl (C=O) groups excluding carboxylic acids is 1. The molecule has 1 saturated carbocycles. The number of benzene rings is 2. The number of hydrogen-bond donors (Lipinski definition) is 1. The van der Waals surface area contributed by atoms with Gasteiger partial charge in [-0.25, -0.2) is 0 Å². The van der Waals surface area contributed by atoms with Gasteiger partial charge in [0, 0.05) is 24.6 Å². The van der Waals surface area contributed by atoms with Crippen molar-refractivity contribution in [1.82, 2.24) is 4.90 Å². The van der Waals surface area contributed by atoms with Gasteiger partial charge in [-0.15, -0.1) is 0 Å². The molecule has 0 radical (unpaired) electrons. The largest absolute Gasteiger partial charge is 0.496 e. The lowest BCUT2D eigenvalue weighted by Gasteiger charge is -2.24. The molecule has 0 spiro atoms. The molecule has 2 aromatic rings. The van der Waals surface area contributed by atoms with E-state index in [-0.39, 0.29) is 30.4 Å². The van der Waals surface area contributed by atoms with Gasteiger partial charge >= 0.3 is 12.1 Å². The zero-order chi connectivity index (χ0) is 22.8. The average Bonchev–Trinajstić information content (AvgIpc) is 3.55. The number of alkyl halides is 3. The first-order chi connectivity index (χ1) is 14.6. The van der Waals surface area contributed by atoms with Crippen molar-refractivity contribution >= 4 is 11.9 Å². The van der Waals surface area contributed by atoms with E-state index in [4.69, 9.17) is 9.84 Å². The zero-order valence-electron chi connectivity index (χ0n) is 17.3. The van der Waals surface area contributed by atoms with Crippen molar-refractivity contribution in [1.29, 1.82) is 0 Å². The van der Waals surface area contributed by atoms with Gasteiger partial charge in [-0.3, -0.25) is 9.59 Å². The van der Waals surface area contributed by atoms with Crippen LogP contribution in [0.25, 0.3) is 11.1 Å². The van der Waals surface area contributed by atoms with E-state index in [9.17, 15) is 22.8 Å². The summed E-state index contributed by atoms with van der Waals surface area (Å²) in [6.07, 6.45) is -3.15. The summed E-state index contributed by atoms with van der Waals surface area (Å²) in [5, 5.41) is 9.11. The topological polar surface area (TPSA) is 66.8 Å². The lowest BCUT2D eigenvalue weighted by Crippen LogP contribution is -2.31. The van der Waals surface area contributed by atoms with Gasteiger partial charge in [0.2, 0.25) is 5.91 Å². The molecule has 2 aromatic carbocycles. The van der Waals surface area contributed by atoms with E-state index in [2.05, 4.69) is 0 Å². The third-order valence-corrected chi connectivity index (χ3v) is 5.33. The van der Waals surface area contributed by atoms with Crippen molar-refractivity contribution in [3.05, 3.63) is 53.1 Å². The number of ether oxygens (including phenoxy) is 1. The van der Waals surface area contributed by atoms with Gasteiger partial charge in [-0.1, -0.05) is 12.1 Å². The van der Waals surface area contributed by atoms with Crippen LogP contribution in [0.1, 0.15) is 36.5 Å². The van der Waals surface area contributed by atoms with Crippen LogP contribution in [0.15, 0.2) is 36.4 Å². The van der Waals surface area contributed by atoms with Crippen molar-refractivity contribution < 1.29 is 32.6 Å². The number of methoxy groups -OCH3 is 1. The van der Waals surface area contributed by atoms with Gasteiger partial charge in [-0.2, -0.15) is 13.2 Å². The maximum Gasteiger partial charge on any atom is 0.416 e. The monoisotopic (exact) mass is 435 g/mol. The van der Waals surface area contributed by atoms with E-state index in [0.29, 0.717) is 29.0 Å². The van der Waals surface area contributed by atoms with Crippen LogP contribution in [0.2, 0.25) is 0 Å². The summed E-state index contributed by atoms with van der Waals surface area (Å²) in [6.45, 7) is 2.43. The lowest BCUT2D eigenvalue weighted by atomic mass is 9.94. The zero-order valence-corrected chi connectivity index (χ0v) is 17.3. The number of carboxylic acid groups (broad SMARTS) is 1. The second kappa shape index (κ2) is 8.99. The number of hydrogen-bond acceptors (Lipinski definition) is 3. The Morgan fingerprint density at radius 3 is 2.39 bits per heavy atom. The number of halogens is 3. The van der Waals surface area contributed by atoms with E-state index in [1.165, 1.54) is 19.2 Å². The number of carboxylic acids is 1. The molecule has 3 rings (SSSR count). The van der Waals surface area contributed by atoms with Crippen LogP contribution in [0.5, 0.6) is 5.75 Å². The first kappa shape index (κ1) is 22.7. The predicted molar refractivity (Wildman–Crippen MR) is 109 cm³/mol. The smallest absolute Gasteiger partial charge is 0.416 e. The number of rotatable bonds is 8. The molecule has 1 aliphatic rings. The summed E-state index contributed by atoms with van der Waals surface area (Å²) < 4.78 is 45.7. The van der Waals surface area contributed by atoms with Gasteiger partial charge in [0.25, 0.3) is 0 Å². The molecule has 0 unspecified atom stereocenters. The Balaban J connectivity index is 2.11. The molecule has 166 valence electrons. The Kier molecular flexibility index (Phi) is 6.57. The highest BCUT2D eigenvalue weighted by Crippen LogP contribution is 2.39. The fourth-order valence-corrected chi connectivity index (χ4v) is 3.53. The van der Waals surface area contributed by atoms with Crippen LogP contribution in [-0.2, 0) is 28.7 Å². The van der Waals surface area contributed by atoms with Crippen molar-refractivity contribution in [3.8, 4) is 16.9 Å². The number of carbonyl (C=O) groups is 2. The molecule has 0 aliphatic heterocycles. The highest BCUT2D eigenvalue weighted by atomic mass is 19.4. The van der Waals surface area contributed by atoms with E-state index in [0.717, 1.165) is 25.0 Å². The first-order valence-electron chi connectivity index (χ1n) is 10.0. The Hall–Kier alpha value is -3.03. The van der Waals surface area contributed by atoms with Gasteiger partial charge in [0.05, 0.1) is 19.1 Å². The van der Waals surface area contributed by atoms with E-state index in [1.807, 2.05) is 6.92 Å². The van der Waals surface area contributed by atoms with E-state index in [1.54, 1.807) is 17.0 Å². The van der Waals surface area contributed by atoms with Crippen molar-refractivity contribution in [2.24, 2.45) is 5.92 Å². The molecular formula is C23H24F3NO4. The molecule has 1 fully saturated rings. The van der Waals surface area contributed by atoms with Gasteiger partial charge in [0.15, 0.2) is 0 Å². The second-order valence-electron chi connectivity index (χ2n) is 7.60. The fourth-order valence-electron chi connectivity index (χ4n) is 3.53. The highest BCUT2D eigenvalue weighted by Gasteiger charge is 2.34. The minimum atomic E-state index is -4.55. The summed E-state index contributed by atoms with van der Waals surface area (Å²) >= 11 is 0. The molecule has 1 aliphatic carbocycles. The Bertz CT molecular complexity index is 983. The van der Waals surface area contributed by atoms with Gasteiger partial charge in [-0.05, 0) is 60.7 Å². The summed E-state index contributed by atoms with van der Waals surface area (Å²) in [6, 6.07) is 8.06. The standard InChI is InChI=1S/C23H24F3NO4/c1-3-27(22(30)15-5-6-15)13-16-7-8-17(23(24,25)26)12-18(16)19-10-14(11-21(28)29)4-9-20(19)31-2/h4,7-10,12,15H,3,5-6,11,13H2,1-2H3,(H,28,29). The quantitative estimate of drug-likeness (QED) is 0.649. The molecule has 0 aromatic heterocycles. The molecule has 0 bridgehead atoms. The molecule has 0 heterocycles. The number of aliphatic carboxylic acids is 1. The molecule has 1 amide bonds. The summed E-state index contributed by atoms with van der Waals surface area (Å²) in [7, 11) is 1.40. The van der Waals surface area contributed by atoms with Crippen molar-refractivity contribution in [2.75, 3.05) is 13.7 Å². The molecule has 0 saturated heterocycles. The van der Waals surface area contributed by atoms with Crippen molar-refractivity contribution in [2.45, 2.75) is 38.9 Å². The van der Waals surface area contributed by atoms with Gasteiger partial charge < -0.3 is 14.7 Å². The minimum Gasteiger partial charge on any atom is -0.496 e. The van der Waals surface area contributed by atoms with E-state index >= 15 is 0 Å². The summed E-state index contributed by atoms with van der Waals surface area (Å²) in [4.78, 5) is 25.3. The minimum absolute atomic E-state index is 0.0000548. The number of nitrogens with zero attached hydrogens (tertiary/aromatic N) is 1. The van der Waals surface area contributed by atoms with Crippen LogP contribution in [0.3, 0.4) is 0 Å². The van der Waals surface area contributed by atoms with Crippen LogP contribution in [-0.4, -0.2) is 35.5 Å². The molecule has 1 N–H and O–H groups in total. The van der Waals surface area contributed by atoms with Crippen LogP contribution < -0.4 is 4.74 Å². The Labute approximate surface area is 178 Å². The molecule has 8 heteroatoms. The summed E-state index contributed by atoms with van der Waals surface area (Å²) in [5.74, 6) is -0.731. The van der Waals surface area contributed by atoms with Crippen molar-refractivity contribution in [3.63, 3.8) is 0 Å².